The summed E-state index contributed by atoms with van der Waals surface area (Å²) in [6, 6.07) is 13.8. The van der Waals surface area contributed by atoms with Gasteiger partial charge in [0, 0.05) is 17.6 Å². The van der Waals surface area contributed by atoms with Crippen LogP contribution in [0.4, 0.5) is 0 Å². The maximum atomic E-state index is 12.6. The van der Waals surface area contributed by atoms with Crippen molar-refractivity contribution in [1.82, 2.24) is 19.4 Å². The molecule has 1 N–H and O–H groups in total. The van der Waals surface area contributed by atoms with Crippen LogP contribution in [0.5, 0.6) is 0 Å². The van der Waals surface area contributed by atoms with E-state index in [4.69, 9.17) is 0 Å². The zero-order valence-electron chi connectivity index (χ0n) is 14.7. The van der Waals surface area contributed by atoms with E-state index in [1.165, 1.54) is 6.20 Å². The summed E-state index contributed by atoms with van der Waals surface area (Å²) in [5, 5.41) is 6.17. The fourth-order valence-electron chi connectivity index (χ4n) is 2.63. The molecule has 1 aromatic carbocycles. The van der Waals surface area contributed by atoms with Crippen LogP contribution in [0.2, 0.25) is 0 Å². The maximum Gasteiger partial charge on any atom is 0.243 e. The molecule has 0 aliphatic carbocycles. The van der Waals surface area contributed by atoms with E-state index in [1.807, 2.05) is 66.8 Å². The van der Waals surface area contributed by atoms with E-state index in [1.54, 1.807) is 22.2 Å². The van der Waals surface area contributed by atoms with E-state index in [-0.39, 0.29) is 10.9 Å². The second-order valence-electron chi connectivity index (χ2n) is 6.21. The van der Waals surface area contributed by atoms with Crippen molar-refractivity contribution in [3.63, 3.8) is 0 Å². The van der Waals surface area contributed by atoms with E-state index in [0.29, 0.717) is 13.1 Å². The number of nitrogens with zero attached hydrogens (tertiary/aromatic N) is 3. The number of hydrogen-bond donors (Lipinski definition) is 1. The van der Waals surface area contributed by atoms with Crippen molar-refractivity contribution < 1.29 is 8.42 Å². The van der Waals surface area contributed by atoms with Crippen molar-refractivity contribution in [3.8, 4) is 0 Å². The molecule has 0 fully saturated rings. The first-order chi connectivity index (χ1) is 12.5. The van der Waals surface area contributed by atoms with Gasteiger partial charge in [-0.3, -0.25) is 4.68 Å². The molecular weight excluding hydrogens is 368 g/mol. The minimum Gasteiger partial charge on any atom is -0.300 e. The Morgan fingerprint density at radius 2 is 1.96 bits per heavy atom. The maximum absolute atomic E-state index is 12.6. The Kier molecular flexibility index (Phi) is 5.87. The van der Waals surface area contributed by atoms with E-state index in [2.05, 4.69) is 9.82 Å². The van der Waals surface area contributed by atoms with Gasteiger partial charge in [-0.2, -0.15) is 5.10 Å². The summed E-state index contributed by atoms with van der Waals surface area (Å²) in [6.07, 6.45) is 2.95. The largest absolute Gasteiger partial charge is 0.300 e. The number of benzene rings is 1. The third-order valence-corrected chi connectivity index (χ3v) is 6.42. The molecule has 0 radical (unpaired) electrons. The molecule has 3 aromatic rings. The van der Waals surface area contributed by atoms with Crippen LogP contribution in [0.25, 0.3) is 0 Å². The molecule has 26 heavy (non-hydrogen) atoms. The summed E-state index contributed by atoms with van der Waals surface area (Å²) in [7, 11) is 0.275. The number of aromatic nitrogens is 2. The van der Waals surface area contributed by atoms with Crippen molar-refractivity contribution in [2.75, 3.05) is 20.6 Å². The fourth-order valence-corrected chi connectivity index (χ4v) is 4.54. The van der Waals surface area contributed by atoms with Crippen molar-refractivity contribution in [3.05, 3.63) is 70.7 Å². The number of thiophene rings is 1. The van der Waals surface area contributed by atoms with Crippen LogP contribution < -0.4 is 4.72 Å². The third kappa shape index (κ3) is 4.59. The summed E-state index contributed by atoms with van der Waals surface area (Å²) < 4.78 is 29.6. The Balaban J connectivity index is 1.68. The van der Waals surface area contributed by atoms with Crippen LogP contribution in [0.15, 0.2) is 65.1 Å². The lowest BCUT2D eigenvalue weighted by Crippen LogP contribution is -2.34. The molecule has 3 rings (SSSR count). The molecular formula is C18H22N4O2S2. The first-order valence-electron chi connectivity index (χ1n) is 8.21. The van der Waals surface area contributed by atoms with Gasteiger partial charge in [0.1, 0.15) is 4.90 Å². The molecule has 1 atom stereocenters. The van der Waals surface area contributed by atoms with E-state index in [9.17, 15) is 8.42 Å². The predicted octanol–water partition coefficient (Wildman–Crippen LogP) is 2.57. The quantitative estimate of drug-likeness (QED) is 0.642. The molecule has 2 heterocycles. The summed E-state index contributed by atoms with van der Waals surface area (Å²) in [6.45, 7) is 0.839. The summed E-state index contributed by atoms with van der Waals surface area (Å²) in [5.41, 5.74) is 1.07. The second kappa shape index (κ2) is 8.13. The Bertz CT molecular complexity index is 919. The van der Waals surface area contributed by atoms with Gasteiger partial charge in [0.25, 0.3) is 0 Å². The molecule has 6 nitrogen and oxygen atoms in total. The first-order valence-corrected chi connectivity index (χ1v) is 10.6. The van der Waals surface area contributed by atoms with Crippen LogP contribution in [0, 0.1) is 0 Å². The monoisotopic (exact) mass is 390 g/mol. The second-order valence-corrected chi connectivity index (χ2v) is 8.95. The Morgan fingerprint density at radius 1 is 1.19 bits per heavy atom. The highest BCUT2D eigenvalue weighted by atomic mass is 32.2. The highest BCUT2D eigenvalue weighted by Gasteiger charge is 2.21. The third-order valence-electron chi connectivity index (χ3n) is 4.07. The molecule has 1 unspecified atom stereocenters. The standard InChI is InChI=1S/C18H22N4O2S2/c1-21(2)17(18-9-6-10-25-18)12-20-26(23,24)16-11-19-22(14-16)13-15-7-4-3-5-8-15/h3-11,14,17,20H,12-13H2,1-2H3. The van der Waals surface area contributed by atoms with E-state index < -0.39 is 10.0 Å². The summed E-state index contributed by atoms with van der Waals surface area (Å²) in [5.74, 6) is 0. The molecule has 2 aromatic heterocycles. The zero-order valence-corrected chi connectivity index (χ0v) is 16.4. The molecule has 138 valence electrons. The summed E-state index contributed by atoms with van der Waals surface area (Å²) in [4.78, 5) is 3.31. The zero-order chi connectivity index (χ0) is 18.6. The van der Waals surface area contributed by atoms with Gasteiger partial charge in [-0.15, -0.1) is 11.3 Å². The lowest BCUT2D eigenvalue weighted by atomic mass is 10.2. The van der Waals surface area contributed by atoms with Crippen molar-refractivity contribution in [2.45, 2.75) is 17.5 Å². The molecule has 0 saturated carbocycles. The van der Waals surface area contributed by atoms with Crippen LogP contribution >= 0.6 is 11.3 Å². The van der Waals surface area contributed by atoms with E-state index >= 15 is 0 Å². The van der Waals surface area contributed by atoms with Gasteiger partial charge < -0.3 is 4.90 Å². The van der Waals surface area contributed by atoms with Gasteiger partial charge in [-0.05, 0) is 31.1 Å². The van der Waals surface area contributed by atoms with Crippen LogP contribution in [-0.4, -0.2) is 43.7 Å². The van der Waals surface area contributed by atoms with Gasteiger partial charge in [0.15, 0.2) is 0 Å². The van der Waals surface area contributed by atoms with Gasteiger partial charge in [0.2, 0.25) is 10.0 Å². The van der Waals surface area contributed by atoms with Gasteiger partial charge >= 0.3 is 0 Å². The van der Waals surface area contributed by atoms with Gasteiger partial charge in [0.05, 0.1) is 18.8 Å². The molecule has 0 spiro atoms. The Morgan fingerprint density at radius 3 is 2.62 bits per heavy atom. The average Bonchev–Trinajstić information content (AvgIpc) is 3.28. The number of nitrogens with one attached hydrogen (secondary N) is 1. The Hall–Kier alpha value is -2.00. The molecule has 0 bridgehead atoms. The molecule has 0 saturated heterocycles. The average molecular weight is 391 g/mol. The van der Waals surface area contributed by atoms with E-state index in [0.717, 1.165) is 10.4 Å². The minimum absolute atomic E-state index is 0.0101. The van der Waals surface area contributed by atoms with Crippen LogP contribution in [0.1, 0.15) is 16.5 Å². The number of likely N-dealkylation sites (N-methyl/N-ethyl adjacent to an activating group) is 1. The lowest BCUT2D eigenvalue weighted by Gasteiger charge is -2.23. The van der Waals surface area contributed by atoms with Crippen LogP contribution in [-0.2, 0) is 16.6 Å². The highest BCUT2D eigenvalue weighted by molar-refractivity contribution is 7.89. The molecule has 8 heteroatoms. The van der Waals surface area contributed by atoms with Gasteiger partial charge in [-0.25, -0.2) is 13.1 Å². The number of rotatable bonds is 8. The SMILES string of the molecule is CN(C)C(CNS(=O)(=O)c1cnn(Cc2ccccc2)c1)c1cccs1. The summed E-state index contributed by atoms with van der Waals surface area (Å²) >= 11 is 1.62. The molecule has 0 aliphatic heterocycles. The number of hydrogen-bond acceptors (Lipinski definition) is 5. The first kappa shape index (κ1) is 18.8. The van der Waals surface area contributed by atoms with Crippen molar-refractivity contribution in [2.24, 2.45) is 0 Å². The smallest absolute Gasteiger partial charge is 0.243 e. The fraction of sp³-hybridized carbons (Fsp3) is 0.278. The highest BCUT2D eigenvalue weighted by Crippen LogP contribution is 2.23. The Labute approximate surface area is 158 Å². The molecule has 0 aliphatic rings. The lowest BCUT2D eigenvalue weighted by molar-refractivity contribution is 0.303. The van der Waals surface area contributed by atoms with Crippen LogP contribution in [0.3, 0.4) is 0 Å². The normalized spacial score (nSPS) is 13.2. The topological polar surface area (TPSA) is 67.2 Å². The molecule has 0 amide bonds. The number of sulfonamides is 1. The van der Waals surface area contributed by atoms with Crippen molar-refractivity contribution >= 4 is 21.4 Å². The van der Waals surface area contributed by atoms with Gasteiger partial charge in [-0.1, -0.05) is 36.4 Å². The van der Waals surface area contributed by atoms with Crippen molar-refractivity contribution in [1.29, 1.82) is 0 Å². The predicted molar refractivity (Wildman–Crippen MR) is 104 cm³/mol. The minimum atomic E-state index is -3.61.